The molecule has 0 unspecified atom stereocenters. The largest absolute Gasteiger partial charge is 0.481 e. The van der Waals surface area contributed by atoms with Gasteiger partial charge >= 0.3 is 17.8 Å². The van der Waals surface area contributed by atoms with Gasteiger partial charge in [-0.25, -0.2) is 14.8 Å². The monoisotopic (exact) mass is 424 g/mol. The number of rotatable bonds is 7. The Hall–Kier alpha value is -3.24. The molecule has 0 aliphatic rings. The van der Waals surface area contributed by atoms with Gasteiger partial charge < -0.3 is 5.11 Å². The lowest BCUT2D eigenvalue weighted by molar-refractivity contribution is -0.138. The Labute approximate surface area is 167 Å². The van der Waals surface area contributed by atoms with Gasteiger partial charge in [-0.1, -0.05) is 12.8 Å². The highest BCUT2D eigenvalue weighted by atomic mass is 19.4. The van der Waals surface area contributed by atoms with Crippen LogP contribution in [-0.4, -0.2) is 30.6 Å². The van der Waals surface area contributed by atoms with E-state index in [4.69, 9.17) is 5.11 Å². The highest BCUT2D eigenvalue weighted by molar-refractivity contribution is 5.84. The summed E-state index contributed by atoms with van der Waals surface area (Å²) in [5, 5.41) is 8.61. The molecule has 0 fully saturated rings. The molecule has 8 nitrogen and oxygen atoms in total. The van der Waals surface area contributed by atoms with Gasteiger partial charge in [0.25, 0.3) is 5.56 Å². The van der Waals surface area contributed by atoms with Crippen LogP contribution in [0.4, 0.5) is 13.2 Å². The van der Waals surface area contributed by atoms with Gasteiger partial charge in [0.15, 0.2) is 11.2 Å². The second kappa shape index (κ2) is 8.25. The smallest absolute Gasteiger partial charge is 0.416 e. The number of carboxylic acid groups (broad SMARTS) is 1. The van der Waals surface area contributed by atoms with E-state index in [-0.39, 0.29) is 40.7 Å². The lowest BCUT2D eigenvalue weighted by Crippen LogP contribution is -2.35. The van der Waals surface area contributed by atoms with Crippen molar-refractivity contribution in [2.45, 2.75) is 51.7 Å². The lowest BCUT2D eigenvalue weighted by Gasteiger charge is -2.11. The maximum absolute atomic E-state index is 13.1. The number of unbranched alkanes of at least 4 members (excludes halogenated alkanes) is 3. The molecule has 3 rings (SSSR count). The molecule has 2 N–H and O–H groups in total. The molecule has 30 heavy (non-hydrogen) atoms. The Balaban J connectivity index is 1.93. The number of aromatic nitrogens is 4. The molecule has 0 amide bonds. The van der Waals surface area contributed by atoms with Crippen LogP contribution in [0.1, 0.15) is 43.2 Å². The summed E-state index contributed by atoms with van der Waals surface area (Å²) >= 11 is 0. The number of hydrogen-bond donors (Lipinski definition) is 2. The summed E-state index contributed by atoms with van der Waals surface area (Å²) < 4.78 is 40.3. The van der Waals surface area contributed by atoms with Crippen LogP contribution in [0.3, 0.4) is 0 Å². The number of carboxylic acids is 1. The Morgan fingerprint density at radius 1 is 1.10 bits per heavy atom. The molecule has 2 heterocycles. The molecule has 0 aliphatic carbocycles. The van der Waals surface area contributed by atoms with Crippen molar-refractivity contribution in [3.8, 4) is 0 Å². The zero-order chi connectivity index (χ0) is 22.1. The number of fused-ring (bicyclic) bond motifs is 2. The normalized spacial score (nSPS) is 12.0. The van der Waals surface area contributed by atoms with Crippen molar-refractivity contribution < 1.29 is 23.1 Å². The van der Waals surface area contributed by atoms with Gasteiger partial charge in [-0.2, -0.15) is 13.2 Å². The fourth-order valence-electron chi connectivity index (χ4n) is 3.24. The van der Waals surface area contributed by atoms with Gasteiger partial charge in [-0.05, 0) is 37.5 Å². The number of aliphatic carboxylic acids is 1. The van der Waals surface area contributed by atoms with Crippen molar-refractivity contribution in [3.05, 3.63) is 44.1 Å². The Kier molecular flexibility index (Phi) is 5.90. The van der Waals surface area contributed by atoms with Gasteiger partial charge in [0.05, 0.1) is 16.6 Å². The first-order valence-corrected chi connectivity index (χ1v) is 9.32. The number of benzene rings is 1. The zero-order valence-corrected chi connectivity index (χ0v) is 16.0. The van der Waals surface area contributed by atoms with Crippen LogP contribution in [0, 0.1) is 6.92 Å². The van der Waals surface area contributed by atoms with E-state index in [1.54, 1.807) is 0 Å². The number of nitrogens with zero attached hydrogens (tertiary/aromatic N) is 3. The third-order valence-electron chi connectivity index (χ3n) is 4.76. The van der Waals surface area contributed by atoms with E-state index in [0.717, 1.165) is 10.6 Å². The molecule has 0 spiro atoms. The molecule has 0 saturated heterocycles. The Bertz CT molecular complexity index is 1230. The number of H-pyrrole nitrogens is 1. The minimum Gasteiger partial charge on any atom is -0.481 e. The summed E-state index contributed by atoms with van der Waals surface area (Å²) in [7, 11) is 0. The highest BCUT2D eigenvalue weighted by Gasteiger charge is 2.33. The minimum atomic E-state index is -4.56. The van der Waals surface area contributed by atoms with E-state index < -0.39 is 29.0 Å². The van der Waals surface area contributed by atoms with Gasteiger partial charge in [0.1, 0.15) is 0 Å². The minimum absolute atomic E-state index is 0.0465. The van der Waals surface area contributed by atoms with Gasteiger partial charge in [0, 0.05) is 13.0 Å². The fourth-order valence-corrected chi connectivity index (χ4v) is 3.24. The van der Waals surface area contributed by atoms with Crippen LogP contribution in [0.5, 0.6) is 0 Å². The molecular weight excluding hydrogens is 405 g/mol. The first kappa shape index (κ1) is 21.5. The van der Waals surface area contributed by atoms with Crippen molar-refractivity contribution in [1.82, 2.24) is 19.5 Å². The van der Waals surface area contributed by atoms with E-state index in [2.05, 4.69) is 15.0 Å². The van der Waals surface area contributed by atoms with E-state index in [9.17, 15) is 27.6 Å². The molecular formula is C19H19F3N4O4. The molecule has 0 saturated carbocycles. The summed E-state index contributed by atoms with van der Waals surface area (Å²) in [4.78, 5) is 46.0. The quantitative estimate of drug-likeness (QED) is 0.445. The summed E-state index contributed by atoms with van der Waals surface area (Å²) in [6, 6.07) is 2.06. The van der Waals surface area contributed by atoms with Crippen molar-refractivity contribution >= 4 is 28.2 Å². The number of aromatic amines is 1. The van der Waals surface area contributed by atoms with Gasteiger partial charge in [-0.3, -0.25) is 19.1 Å². The number of hydrogen-bond acceptors (Lipinski definition) is 5. The maximum Gasteiger partial charge on any atom is 0.416 e. The van der Waals surface area contributed by atoms with Crippen LogP contribution in [0.2, 0.25) is 0 Å². The Morgan fingerprint density at radius 2 is 1.77 bits per heavy atom. The predicted molar refractivity (Wildman–Crippen MR) is 102 cm³/mol. The second-order valence-electron chi connectivity index (χ2n) is 7.02. The van der Waals surface area contributed by atoms with Gasteiger partial charge in [-0.15, -0.1) is 0 Å². The van der Waals surface area contributed by atoms with Crippen LogP contribution >= 0.6 is 0 Å². The molecule has 1 aromatic carbocycles. The van der Waals surface area contributed by atoms with Crippen LogP contribution in [0.25, 0.3) is 22.2 Å². The highest BCUT2D eigenvalue weighted by Crippen LogP contribution is 2.33. The fraction of sp³-hybridized carbons (Fsp3) is 0.421. The lowest BCUT2D eigenvalue weighted by atomic mass is 10.1. The van der Waals surface area contributed by atoms with Crippen LogP contribution < -0.4 is 11.2 Å². The average Bonchev–Trinajstić information content (AvgIpc) is 2.64. The van der Waals surface area contributed by atoms with Crippen LogP contribution in [0.15, 0.2) is 21.7 Å². The van der Waals surface area contributed by atoms with E-state index >= 15 is 0 Å². The van der Waals surface area contributed by atoms with E-state index in [0.29, 0.717) is 25.7 Å². The average molecular weight is 424 g/mol. The number of aryl methyl sites for hydroxylation is 1. The molecule has 0 atom stereocenters. The van der Waals surface area contributed by atoms with Crippen molar-refractivity contribution in [2.24, 2.45) is 0 Å². The van der Waals surface area contributed by atoms with Gasteiger partial charge in [0.2, 0.25) is 0 Å². The number of alkyl halides is 3. The molecule has 0 radical (unpaired) electrons. The maximum atomic E-state index is 13.1. The standard InChI is InChI=1S/C19H19F3N4O4/c1-10-8-12-13(9-11(10)19(20,21)22)24-16-15(23-12)17(29)26(18(30)25-16)7-5-3-2-4-6-14(27)28/h8-9H,2-7H2,1H3,(H,27,28)(H,24,25,30). The Morgan fingerprint density at radius 3 is 2.43 bits per heavy atom. The zero-order valence-electron chi connectivity index (χ0n) is 16.0. The number of carbonyl (C=O) groups is 1. The summed E-state index contributed by atoms with van der Waals surface area (Å²) in [5.74, 6) is -0.874. The predicted octanol–water partition coefficient (Wildman–Crippen LogP) is 3.00. The van der Waals surface area contributed by atoms with Crippen molar-refractivity contribution in [1.29, 1.82) is 0 Å². The molecule has 3 aromatic rings. The van der Waals surface area contributed by atoms with E-state index in [1.165, 1.54) is 13.0 Å². The first-order valence-electron chi connectivity index (χ1n) is 9.32. The molecule has 2 aromatic heterocycles. The summed E-state index contributed by atoms with van der Waals surface area (Å²) in [6.07, 6.45) is -2.21. The number of halogens is 3. The molecule has 0 bridgehead atoms. The second-order valence-corrected chi connectivity index (χ2v) is 7.02. The summed E-state index contributed by atoms with van der Waals surface area (Å²) in [6.45, 7) is 1.41. The third kappa shape index (κ3) is 4.50. The van der Waals surface area contributed by atoms with E-state index in [1.807, 2.05) is 0 Å². The topological polar surface area (TPSA) is 118 Å². The SMILES string of the molecule is Cc1cc2nc3c(=O)n(CCCCCCC(=O)O)c(=O)[nH]c3nc2cc1C(F)(F)F. The van der Waals surface area contributed by atoms with Crippen molar-refractivity contribution in [3.63, 3.8) is 0 Å². The molecule has 0 aliphatic heterocycles. The third-order valence-corrected chi connectivity index (χ3v) is 4.76. The van der Waals surface area contributed by atoms with Crippen LogP contribution in [-0.2, 0) is 17.5 Å². The first-order chi connectivity index (χ1) is 14.1. The number of nitrogens with one attached hydrogen (secondary N) is 1. The summed E-state index contributed by atoms with van der Waals surface area (Å²) in [5.41, 5.74) is -2.57. The molecule has 160 valence electrons. The van der Waals surface area contributed by atoms with Crippen molar-refractivity contribution in [2.75, 3.05) is 0 Å². The molecule has 11 heteroatoms.